The maximum absolute atomic E-state index is 11.8. The van der Waals surface area contributed by atoms with E-state index in [9.17, 15) is 9.59 Å². The van der Waals surface area contributed by atoms with Crippen LogP contribution in [0, 0.1) is 0 Å². The standard InChI is InChI=1S/C14H20N2O2/c1-14(2,3)15-12(17)13(18)16(4)10-11-8-6-5-7-9-11/h5-9H,10H2,1-4H3,(H,15,17). The van der Waals surface area contributed by atoms with Crippen LogP contribution in [0.3, 0.4) is 0 Å². The van der Waals surface area contributed by atoms with E-state index in [1.807, 2.05) is 51.1 Å². The molecule has 0 spiro atoms. The summed E-state index contributed by atoms with van der Waals surface area (Å²) in [5.74, 6) is -1.09. The summed E-state index contributed by atoms with van der Waals surface area (Å²) < 4.78 is 0. The first-order valence-corrected chi connectivity index (χ1v) is 5.91. The van der Waals surface area contributed by atoms with Gasteiger partial charge in [-0.25, -0.2) is 0 Å². The number of hydrogen-bond acceptors (Lipinski definition) is 2. The zero-order chi connectivity index (χ0) is 13.8. The molecule has 0 saturated carbocycles. The Morgan fingerprint density at radius 3 is 2.22 bits per heavy atom. The lowest BCUT2D eigenvalue weighted by atomic mass is 10.1. The molecule has 1 aromatic rings. The number of carbonyl (C=O) groups is 2. The number of amides is 2. The first-order valence-electron chi connectivity index (χ1n) is 5.91. The average molecular weight is 248 g/mol. The van der Waals surface area contributed by atoms with Crippen LogP contribution in [0.1, 0.15) is 26.3 Å². The maximum atomic E-state index is 11.8. The van der Waals surface area contributed by atoms with Crippen LogP contribution in [0.4, 0.5) is 0 Å². The number of hydrogen-bond donors (Lipinski definition) is 1. The second-order valence-electron chi connectivity index (χ2n) is 5.35. The molecule has 0 unspecified atom stereocenters. The molecule has 0 aliphatic heterocycles. The predicted molar refractivity (Wildman–Crippen MR) is 70.8 cm³/mol. The zero-order valence-electron chi connectivity index (χ0n) is 11.4. The molecule has 0 heterocycles. The van der Waals surface area contributed by atoms with E-state index in [0.717, 1.165) is 5.56 Å². The molecule has 4 heteroatoms. The quantitative estimate of drug-likeness (QED) is 0.807. The van der Waals surface area contributed by atoms with Crippen LogP contribution >= 0.6 is 0 Å². The summed E-state index contributed by atoms with van der Waals surface area (Å²) in [6, 6.07) is 9.57. The Labute approximate surface area is 108 Å². The van der Waals surface area contributed by atoms with Crippen molar-refractivity contribution in [1.29, 1.82) is 0 Å². The minimum absolute atomic E-state index is 0.402. The normalized spacial score (nSPS) is 10.9. The smallest absolute Gasteiger partial charge is 0.311 e. The third-order valence-electron chi connectivity index (χ3n) is 2.29. The molecule has 1 aromatic carbocycles. The fourth-order valence-corrected chi connectivity index (χ4v) is 1.50. The molecule has 18 heavy (non-hydrogen) atoms. The highest BCUT2D eigenvalue weighted by atomic mass is 16.2. The van der Waals surface area contributed by atoms with Gasteiger partial charge in [0, 0.05) is 19.1 Å². The van der Waals surface area contributed by atoms with E-state index in [-0.39, 0.29) is 0 Å². The summed E-state index contributed by atoms with van der Waals surface area (Å²) in [6.07, 6.45) is 0. The molecular weight excluding hydrogens is 228 g/mol. The first kappa shape index (κ1) is 14.2. The van der Waals surface area contributed by atoms with Gasteiger partial charge in [0.25, 0.3) is 0 Å². The summed E-state index contributed by atoms with van der Waals surface area (Å²) in [4.78, 5) is 24.9. The molecule has 1 N–H and O–H groups in total. The fraction of sp³-hybridized carbons (Fsp3) is 0.429. The van der Waals surface area contributed by atoms with Crippen LogP contribution in [0.15, 0.2) is 30.3 Å². The Hall–Kier alpha value is -1.84. The van der Waals surface area contributed by atoms with Crippen molar-refractivity contribution in [3.05, 3.63) is 35.9 Å². The molecule has 98 valence electrons. The van der Waals surface area contributed by atoms with E-state index in [4.69, 9.17) is 0 Å². The number of nitrogens with zero attached hydrogens (tertiary/aromatic N) is 1. The molecule has 0 radical (unpaired) electrons. The Bertz CT molecular complexity index is 421. The summed E-state index contributed by atoms with van der Waals surface area (Å²) in [5.41, 5.74) is 0.595. The lowest BCUT2D eigenvalue weighted by Gasteiger charge is -2.22. The Morgan fingerprint density at radius 1 is 1.17 bits per heavy atom. The SMILES string of the molecule is CN(Cc1ccccc1)C(=O)C(=O)NC(C)(C)C. The van der Waals surface area contributed by atoms with Gasteiger partial charge in [-0.1, -0.05) is 30.3 Å². The molecule has 0 atom stereocenters. The Balaban J connectivity index is 2.59. The Morgan fingerprint density at radius 2 is 1.72 bits per heavy atom. The van der Waals surface area contributed by atoms with Crippen LogP contribution in [0.2, 0.25) is 0 Å². The molecular formula is C14H20N2O2. The number of benzene rings is 1. The van der Waals surface area contributed by atoms with Crippen LogP contribution in [-0.4, -0.2) is 29.3 Å². The van der Waals surface area contributed by atoms with Gasteiger partial charge in [-0.3, -0.25) is 9.59 Å². The second-order valence-corrected chi connectivity index (χ2v) is 5.35. The number of likely N-dealkylation sites (N-methyl/N-ethyl adjacent to an activating group) is 1. The summed E-state index contributed by atoms with van der Waals surface area (Å²) in [7, 11) is 1.62. The molecule has 4 nitrogen and oxygen atoms in total. The number of rotatable bonds is 2. The lowest BCUT2D eigenvalue weighted by Crippen LogP contribution is -2.48. The van der Waals surface area contributed by atoms with Gasteiger partial charge in [0.1, 0.15) is 0 Å². The minimum Gasteiger partial charge on any atom is -0.343 e. The monoisotopic (exact) mass is 248 g/mol. The van der Waals surface area contributed by atoms with E-state index in [1.54, 1.807) is 7.05 Å². The van der Waals surface area contributed by atoms with Crippen LogP contribution in [0.5, 0.6) is 0 Å². The van der Waals surface area contributed by atoms with Crippen molar-refractivity contribution in [2.45, 2.75) is 32.9 Å². The van der Waals surface area contributed by atoms with Crippen molar-refractivity contribution >= 4 is 11.8 Å². The van der Waals surface area contributed by atoms with Gasteiger partial charge in [-0.15, -0.1) is 0 Å². The molecule has 0 aliphatic rings. The Kier molecular flexibility index (Phi) is 4.48. The van der Waals surface area contributed by atoms with E-state index < -0.39 is 17.4 Å². The van der Waals surface area contributed by atoms with Gasteiger partial charge in [-0.2, -0.15) is 0 Å². The molecule has 0 bridgehead atoms. The third kappa shape index (κ3) is 4.57. The van der Waals surface area contributed by atoms with Gasteiger partial charge in [0.05, 0.1) is 0 Å². The summed E-state index contributed by atoms with van der Waals surface area (Å²) in [6.45, 7) is 5.96. The largest absolute Gasteiger partial charge is 0.343 e. The molecule has 0 fully saturated rings. The highest BCUT2D eigenvalue weighted by Gasteiger charge is 2.23. The highest BCUT2D eigenvalue weighted by Crippen LogP contribution is 2.04. The first-order chi connectivity index (χ1) is 8.29. The number of carbonyl (C=O) groups excluding carboxylic acids is 2. The van der Waals surface area contributed by atoms with Gasteiger partial charge in [0.15, 0.2) is 0 Å². The van der Waals surface area contributed by atoms with Gasteiger partial charge >= 0.3 is 11.8 Å². The van der Waals surface area contributed by atoms with Crippen molar-refractivity contribution in [1.82, 2.24) is 10.2 Å². The average Bonchev–Trinajstić information content (AvgIpc) is 2.27. The molecule has 0 aliphatic carbocycles. The van der Waals surface area contributed by atoms with Crippen molar-refractivity contribution in [3.63, 3.8) is 0 Å². The van der Waals surface area contributed by atoms with E-state index in [0.29, 0.717) is 6.54 Å². The van der Waals surface area contributed by atoms with E-state index in [2.05, 4.69) is 5.32 Å². The van der Waals surface area contributed by atoms with Crippen molar-refractivity contribution in [3.8, 4) is 0 Å². The van der Waals surface area contributed by atoms with E-state index in [1.165, 1.54) is 4.90 Å². The van der Waals surface area contributed by atoms with Crippen molar-refractivity contribution < 1.29 is 9.59 Å². The number of nitrogens with one attached hydrogen (secondary N) is 1. The fourth-order valence-electron chi connectivity index (χ4n) is 1.50. The maximum Gasteiger partial charge on any atom is 0.311 e. The van der Waals surface area contributed by atoms with Crippen molar-refractivity contribution in [2.24, 2.45) is 0 Å². The van der Waals surface area contributed by atoms with Crippen LogP contribution in [0.25, 0.3) is 0 Å². The van der Waals surface area contributed by atoms with Crippen LogP contribution in [-0.2, 0) is 16.1 Å². The zero-order valence-corrected chi connectivity index (χ0v) is 11.4. The summed E-state index contributed by atoms with van der Waals surface area (Å²) >= 11 is 0. The predicted octanol–water partition coefficient (Wildman–Crippen LogP) is 1.56. The van der Waals surface area contributed by atoms with Crippen LogP contribution < -0.4 is 5.32 Å². The third-order valence-corrected chi connectivity index (χ3v) is 2.29. The van der Waals surface area contributed by atoms with Gasteiger partial charge in [0.2, 0.25) is 0 Å². The minimum atomic E-state index is -0.569. The van der Waals surface area contributed by atoms with Crippen molar-refractivity contribution in [2.75, 3.05) is 7.05 Å². The summed E-state index contributed by atoms with van der Waals surface area (Å²) in [5, 5.41) is 2.66. The van der Waals surface area contributed by atoms with E-state index >= 15 is 0 Å². The molecule has 2 amide bonds. The molecule has 0 aromatic heterocycles. The molecule has 0 saturated heterocycles. The topological polar surface area (TPSA) is 49.4 Å². The van der Waals surface area contributed by atoms with Gasteiger partial charge in [-0.05, 0) is 26.3 Å². The van der Waals surface area contributed by atoms with Gasteiger partial charge < -0.3 is 10.2 Å². The second kappa shape index (κ2) is 5.67. The molecule has 1 rings (SSSR count). The highest BCUT2D eigenvalue weighted by molar-refractivity contribution is 6.35. The lowest BCUT2D eigenvalue weighted by molar-refractivity contribution is -0.146.